The molecule has 1 aromatic rings. The highest BCUT2D eigenvalue weighted by Crippen LogP contribution is 2.13. The summed E-state index contributed by atoms with van der Waals surface area (Å²) >= 11 is 0. The molecule has 1 rings (SSSR count). The molecule has 0 aliphatic rings. The van der Waals surface area contributed by atoms with Crippen LogP contribution >= 0.6 is 0 Å². The van der Waals surface area contributed by atoms with Crippen LogP contribution in [0.4, 0.5) is 5.69 Å². The van der Waals surface area contributed by atoms with E-state index in [9.17, 15) is 4.79 Å². The van der Waals surface area contributed by atoms with Gasteiger partial charge in [0.2, 0.25) is 0 Å². The van der Waals surface area contributed by atoms with E-state index in [1.165, 1.54) is 6.07 Å². The molecule has 1 N–H and O–H groups in total. The maximum atomic E-state index is 10.8. The van der Waals surface area contributed by atoms with Crippen LogP contribution in [0.2, 0.25) is 0 Å². The SMILES string of the molecule is CCOCCN(CCOCC)c1ccc(C(=O)O)nc1. The van der Waals surface area contributed by atoms with Gasteiger partial charge in [-0.15, -0.1) is 0 Å². The van der Waals surface area contributed by atoms with E-state index in [1.54, 1.807) is 12.3 Å². The van der Waals surface area contributed by atoms with Crippen molar-refractivity contribution < 1.29 is 19.4 Å². The van der Waals surface area contributed by atoms with Crippen LogP contribution in [-0.4, -0.2) is 55.6 Å². The Labute approximate surface area is 119 Å². The van der Waals surface area contributed by atoms with Crippen molar-refractivity contribution in [2.45, 2.75) is 13.8 Å². The maximum absolute atomic E-state index is 10.8. The van der Waals surface area contributed by atoms with Gasteiger partial charge in [-0.1, -0.05) is 0 Å². The second-order valence-corrected chi connectivity index (χ2v) is 4.09. The van der Waals surface area contributed by atoms with E-state index >= 15 is 0 Å². The maximum Gasteiger partial charge on any atom is 0.354 e. The third-order valence-corrected chi connectivity index (χ3v) is 2.75. The zero-order valence-electron chi connectivity index (χ0n) is 12.0. The van der Waals surface area contributed by atoms with E-state index in [2.05, 4.69) is 9.88 Å². The standard InChI is InChI=1S/C14H22N2O4/c1-3-19-9-7-16(8-10-20-4-2)12-5-6-13(14(17)18)15-11-12/h5-6,11H,3-4,7-10H2,1-2H3,(H,17,18). The highest BCUT2D eigenvalue weighted by molar-refractivity contribution is 5.85. The number of aromatic nitrogens is 1. The van der Waals surface area contributed by atoms with Gasteiger partial charge in [-0.25, -0.2) is 9.78 Å². The van der Waals surface area contributed by atoms with E-state index in [0.29, 0.717) is 26.4 Å². The third kappa shape index (κ3) is 5.54. The molecule has 0 saturated carbocycles. The van der Waals surface area contributed by atoms with Gasteiger partial charge in [-0.05, 0) is 26.0 Å². The first kappa shape index (κ1) is 16.4. The molecule has 0 aliphatic heterocycles. The largest absolute Gasteiger partial charge is 0.477 e. The Kier molecular flexibility index (Phi) is 7.60. The number of aromatic carboxylic acids is 1. The van der Waals surface area contributed by atoms with Gasteiger partial charge >= 0.3 is 5.97 Å². The predicted octanol–water partition coefficient (Wildman–Crippen LogP) is 1.66. The number of carbonyl (C=O) groups is 1. The van der Waals surface area contributed by atoms with Crippen molar-refractivity contribution in [1.29, 1.82) is 0 Å². The van der Waals surface area contributed by atoms with Gasteiger partial charge in [-0.2, -0.15) is 0 Å². The molecule has 0 fully saturated rings. The van der Waals surface area contributed by atoms with Gasteiger partial charge in [-0.3, -0.25) is 0 Å². The summed E-state index contributed by atoms with van der Waals surface area (Å²) in [6, 6.07) is 3.26. The number of hydrogen-bond donors (Lipinski definition) is 1. The minimum atomic E-state index is -1.02. The van der Waals surface area contributed by atoms with Gasteiger partial charge in [0.25, 0.3) is 0 Å². The monoisotopic (exact) mass is 282 g/mol. The Hall–Kier alpha value is -1.66. The van der Waals surface area contributed by atoms with Crippen molar-refractivity contribution in [3.8, 4) is 0 Å². The zero-order chi connectivity index (χ0) is 14.8. The van der Waals surface area contributed by atoms with Gasteiger partial charge in [0.1, 0.15) is 5.69 Å². The molecule has 0 aromatic carbocycles. The Bertz CT molecular complexity index is 385. The molecular formula is C14H22N2O4. The van der Waals surface area contributed by atoms with E-state index < -0.39 is 5.97 Å². The molecule has 1 heterocycles. The average Bonchev–Trinajstić information content (AvgIpc) is 2.46. The Morgan fingerprint density at radius 2 is 1.80 bits per heavy atom. The number of pyridine rings is 1. The lowest BCUT2D eigenvalue weighted by atomic mass is 10.3. The van der Waals surface area contributed by atoms with E-state index in [1.807, 2.05) is 13.8 Å². The summed E-state index contributed by atoms with van der Waals surface area (Å²) in [5.74, 6) is -1.02. The van der Waals surface area contributed by atoms with Crippen molar-refractivity contribution in [2.24, 2.45) is 0 Å². The highest BCUT2D eigenvalue weighted by atomic mass is 16.5. The van der Waals surface area contributed by atoms with Crippen LogP contribution in [0.3, 0.4) is 0 Å². The van der Waals surface area contributed by atoms with Gasteiger partial charge in [0.15, 0.2) is 0 Å². The minimum absolute atomic E-state index is 0.0447. The molecule has 0 saturated heterocycles. The highest BCUT2D eigenvalue weighted by Gasteiger charge is 2.09. The van der Waals surface area contributed by atoms with Crippen LogP contribution in [0.1, 0.15) is 24.3 Å². The smallest absolute Gasteiger partial charge is 0.354 e. The van der Waals surface area contributed by atoms with Crippen LogP contribution in [0.25, 0.3) is 0 Å². The second kappa shape index (κ2) is 9.28. The zero-order valence-corrected chi connectivity index (χ0v) is 12.0. The van der Waals surface area contributed by atoms with E-state index in [-0.39, 0.29) is 5.69 Å². The summed E-state index contributed by atoms with van der Waals surface area (Å²) in [6.07, 6.45) is 1.57. The molecule has 0 amide bonds. The number of carboxylic acids is 1. The number of hydrogen-bond acceptors (Lipinski definition) is 5. The summed E-state index contributed by atoms with van der Waals surface area (Å²) < 4.78 is 10.7. The van der Waals surface area contributed by atoms with Gasteiger partial charge in [0.05, 0.1) is 25.1 Å². The first-order chi connectivity index (χ1) is 9.69. The quantitative estimate of drug-likeness (QED) is 0.658. The Morgan fingerprint density at radius 3 is 2.20 bits per heavy atom. The van der Waals surface area contributed by atoms with Gasteiger partial charge in [0, 0.05) is 26.3 Å². The Balaban J connectivity index is 2.66. The van der Waals surface area contributed by atoms with Crippen molar-refractivity contribution in [1.82, 2.24) is 4.98 Å². The molecule has 0 unspecified atom stereocenters. The number of nitrogens with zero attached hydrogens (tertiary/aromatic N) is 2. The fourth-order valence-corrected chi connectivity index (χ4v) is 1.71. The summed E-state index contributed by atoms with van der Waals surface area (Å²) in [5, 5.41) is 8.84. The lowest BCUT2D eigenvalue weighted by Crippen LogP contribution is -2.31. The number of anilines is 1. The van der Waals surface area contributed by atoms with Crippen LogP contribution in [0, 0.1) is 0 Å². The summed E-state index contributed by atoms with van der Waals surface area (Å²) in [5.41, 5.74) is 0.915. The molecule has 112 valence electrons. The minimum Gasteiger partial charge on any atom is -0.477 e. The molecule has 0 radical (unpaired) electrons. The van der Waals surface area contributed by atoms with Gasteiger partial charge < -0.3 is 19.5 Å². The molecule has 0 bridgehead atoms. The summed E-state index contributed by atoms with van der Waals surface area (Å²) in [6.45, 7) is 7.92. The lowest BCUT2D eigenvalue weighted by Gasteiger charge is -2.24. The van der Waals surface area contributed by atoms with Crippen LogP contribution in [0.15, 0.2) is 18.3 Å². The van der Waals surface area contributed by atoms with Crippen molar-refractivity contribution >= 4 is 11.7 Å². The van der Waals surface area contributed by atoms with E-state index in [0.717, 1.165) is 18.8 Å². The van der Waals surface area contributed by atoms with Crippen LogP contribution in [-0.2, 0) is 9.47 Å². The number of rotatable bonds is 10. The second-order valence-electron chi connectivity index (χ2n) is 4.09. The molecule has 20 heavy (non-hydrogen) atoms. The third-order valence-electron chi connectivity index (χ3n) is 2.75. The van der Waals surface area contributed by atoms with Crippen molar-refractivity contribution in [3.63, 3.8) is 0 Å². The number of carboxylic acid groups (broad SMARTS) is 1. The molecule has 6 heteroatoms. The Morgan fingerprint density at radius 1 is 1.20 bits per heavy atom. The van der Waals surface area contributed by atoms with Crippen LogP contribution in [0.5, 0.6) is 0 Å². The average molecular weight is 282 g/mol. The topological polar surface area (TPSA) is 71.9 Å². The molecule has 0 aliphatic carbocycles. The summed E-state index contributed by atoms with van der Waals surface area (Å²) in [7, 11) is 0. The molecule has 0 atom stereocenters. The number of ether oxygens (including phenoxy) is 2. The normalized spacial score (nSPS) is 10.5. The molecule has 0 spiro atoms. The van der Waals surface area contributed by atoms with Crippen LogP contribution < -0.4 is 4.90 Å². The lowest BCUT2D eigenvalue weighted by molar-refractivity contribution is 0.0690. The molecule has 6 nitrogen and oxygen atoms in total. The first-order valence-corrected chi connectivity index (χ1v) is 6.78. The fourth-order valence-electron chi connectivity index (χ4n) is 1.71. The molecule has 1 aromatic heterocycles. The van der Waals surface area contributed by atoms with Crippen molar-refractivity contribution in [3.05, 3.63) is 24.0 Å². The van der Waals surface area contributed by atoms with Crippen molar-refractivity contribution in [2.75, 3.05) is 44.4 Å². The predicted molar refractivity (Wildman–Crippen MR) is 76.4 cm³/mol. The molecular weight excluding hydrogens is 260 g/mol. The van der Waals surface area contributed by atoms with E-state index in [4.69, 9.17) is 14.6 Å². The fraction of sp³-hybridized carbons (Fsp3) is 0.571. The first-order valence-electron chi connectivity index (χ1n) is 6.78. The summed E-state index contributed by atoms with van der Waals surface area (Å²) in [4.78, 5) is 16.8.